The molecule has 1 saturated heterocycles. The van der Waals surface area contributed by atoms with E-state index in [0.29, 0.717) is 35.0 Å². The third-order valence-electron chi connectivity index (χ3n) is 6.85. The predicted molar refractivity (Wildman–Crippen MR) is 149 cm³/mol. The Morgan fingerprint density at radius 1 is 1.24 bits per heavy atom. The van der Waals surface area contributed by atoms with E-state index in [9.17, 15) is 9.90 Å². The van der Waals surface area contributed by atoms with Crippen molar-refractivity contribution in [1.29, 1.82) is 0 Å². The van der Waals surface area contributed by atoms with Gasteiger partial charge in [-0.3, -0.25) is 4.79 Å². The second-order valence-electron chi connectivity index (χ2n) is 9.67. The minimum absolute atomic E-state index is 0.207. The molecule has 4 heterocycles. The average molecular weight is 536 g/mol. The number of likely N-dealkylation sites (tertiary alicyclic amines) is 1. The number of aliphatic hydroxyl groups excluding tert-OH is 1. The number of fused-ring (bicyclic) bond motifs is 1. The molecule has 200 valence electrons. The van der Waals surface area contributed by atoms with Gasteiger partial charge in [0.2, 0.25) is 0 Å². The fraction of sp³-hybridized carbons (Fsp3) is 0.407. The van der Waals surface area contributed by atoms with Crippen LogP contribution < -0.4 is 15.4 Å². The molecule has 0 saturated carbocycles. The van der Waals surface area contributed by atoms with Crippen LogP contribution in [-0.4, -0.2) is 68.3 Å². The van der Waals surface area contributed by atoms with Crippen LogP contribution in [0.25, 0.3) is 5.52 Å². The largest absolute Gasteiger partial charge is 0.492 e. The normalized spacial score (nSPS) is 14.6. The van der Waals surface area contributed by atoms with Gasteiger partial charge in [-0.15, -0.1) is 0 Å². The lowest BCUT2D eigenvalue weighted by molar-refractivity contribution is 0.103. The number of nitrogens with one attached hydrogen (secondary N) is 2. The minimum Gasteiger partial charge on any atom is -0.492 e. The number of aromatic nitrogens is 4. The molecule has 0 atom stereocenters. The Labute approximate surface area is 225 Å². The van der Waals surface area contributed by atoms with Gasteiger partial charge in [0.05, 0.1) is 19.0 Å². The highest BCUT2D eigenvalue weighted by atomic mass is 32.1. The van der Waals surface area contributed by atoms with Crippen LogP contribution in [0.4, 0.5) is 16.6 Å². The van der Waals surface area contributed by atoms with E-state index in [1.54, 1.807) is 10.7 Å². The highest BCUT2D eigenvalue weighted by Gasteiger charge is 2.19. The predicted octanol–water partition coefficient (Wildman–Crippen LogP) is 4.27. The fourth-order valence-electron chi connectivity index (χ4n) is 4.69. The summed E-state index contributed by atoms with van der Waals surface area (Å²) in [5.74, 6) is 1.61. The number of anilines is 3. The molecule has 1 aliphatic rings. The third kappa shape index (κ3) is 6.12. The van der Waals surface area contributed by atoms with Crippen LogP contribution in [0.1, 0.15) is 40.1 Å². The standard InChI is InChI=1S/C27H33N7O3S/c1-18-5-3-6-21(13-18)31-26(36)23-14-28-27(38-23)32-25-24-19(2)22(15-34(24)30-17-29-25)37-12-4-9-33-10-7-20(16-35)8-11-33/h3,5-6,13-15,17,20,35H,4,7-12,16H2,1-2H3,(H,31,36)(H,28,29,30,32). The summed E-state index contributed by atoms with van der Waals surface area (Å²) in [6, 6.07) is 7.67. The van der Waals surface area contributed by atoms with E-state index in [4.69, 9.17) is 4.74 Å². The zero-order valence-electron chi connectivity index (χ0n) is 21.7. The summed E-state index contributed by atoms with van der Waals surface area (Å²) >= 11 is 1.26. The van der Waals surface area contributed by atoms with Crippen molar-refractivity contribution in [1.82, 2.24) is 24.5 Å². The summed E-state index contributed by atoms with van der Waals surface area (Å²) in [6.07, 6.45) is 7.96. The highest BCUT2D eigenvalue weighted by Crippen LogP contribution is 2.31. The van der Waals surface area contributed by atoms with E-state index < -0.39 is 0 Å². The van der Waals surface area contributed by atoms with E-state index in [-0.39, 0.29) is 5.91 Å². The SMILES string of the molecule is Cc1cccc(NC(=O)c2cnc(Nc3ncnn4cc(OCCCN5CCC(CO)CC5)c(C)c34)s2)c1. The number of aliphatic hydroxyl groups is 1. The van der Waals surface area contributed by atoms with Gasteiger partial charge in [-0.25, -0.2) is 14.5 Å². The Bertz CT molecular complexity index is 1390. The van der Waals surface area contributed by atoms with Crippen LogP contribution in [0.15, 0.2) is 43.0 Å². The van der Waals surface area contributed by atoms with Crippen LogP contribution in [0.3, 0.4) is 0 Å². The Morgan fingerprint density at radius 2 is 2.08 bits per heavy atom. The molecule has 0 bridgehead atoms. The second-order valence-corrected chi connectivity index (χ2v) is 10.7. The molecule has 4 aromatic rings. The first-order valence-corrected chi connectivity index (χ1v) is 13.7. The molecule has 10 nitrogen and oxygen atoms in total. The van der Waals surface area contributed by atoms with Gasteiger partial charge in [0, 0.05) is 24.4 Å². The number of carbonyl (C=O) groups is 1. The molecule has 11 heteroatoms. The quantitative estimate of drug-likeness (QED) is 0.258. The van der Waals surface area contributed by atoms with Gasteiger partial charge in [0.25, 0.3) is 5.91 Å². The lowest BCUT2D eigenvalue weighted by atomic mass is 9.98. The monoisotopic (exact) mass is 535 g/mol. The van der Waals surface area contributed by atoms with Gasteiger partial charge < -0.3 is 25.4 Å². The van der Waals surface area contributed by atoms with Crippen LogP contribution in [0.2, 0.25) is 0 Å². The molecule has 3 N–H and O–H groups in total. The molecule has 1 fully saturated rings. The summed E-state index contributed by atoms with van der Waals surface area (Å²) in [6.45, 7) is 7.94. The van der Waals surface area contributed by atoms with Crippen molar-refractivity contribution in [3.05, 3.63) is 59.0 Å². The van der Waals surface area contributed by atoms with Gasteiger partial charge in [-0.05, 0) is 69.8 Å². The molecule has 0 aliphatic carbocycles. The van der Waals surface area contributed by atoms with E-state index in [1.807, 2.05) is 44.3 Å². The van der Waals surface area contributed by atoms with Crippen molar-refractivity contribution in [3.63, 3.8) is 0 Å². The number of hydrogen-bond acceptors (Lipinski definition) is 9. The molecule has 0 spiro atoms. The van der Waals surface area contributed by atoms with Gasteiger partial charge in [-0.1, -0.05) is 23.5 Å². The molecular weight excluding hydrogens is 502 g/mol. The average Bonchev–Trinajstić information content (AvgIpc) is 3.52. The molecule has 0 unspecified atom stereocenters. The smallest absolute Gasteiger partial charge is 0.267 e. The first-order valence-electron chi connectivity index (χ1n) is 12.9. The molecule has 5 rings (SSSR count). The second kappa shape index (κ2) is 11.9. The first kappa shape index (κ1) is 26.1. The number of amides is 1. The Hall–Kier alpha value is -3.54. The van der Waals surface area contributed by atoms with E-state index in [1.165, 1.54) is 17.7 Å². The number of carbonyl (C=O) groups excluding carboxylic acids is 1. The number of thiazole rings is 1. The molecule has 1 aliphatic heterocycles. The summed E-state index contributed by atoms with van der Waals surface area (Å²) in [7, 11) is 0. The first-order chi connectivity index (χ1) is 18.5. The Balaban J connectivity index is 1.20. The zero-order chi connectivity index (χ0) is 26.5. The topological polar surface area (TPSA) is 117 Å². The number of hydrogen-bond donors (Lipinski definition) is 3. The molecule has 1 aromatic carbocycles. The number of rotatable bonds is 10. The van der Waals surface area contributed by atoms with Gasteiger partial charge >= 0.3 is 0 Å². The van der Waals surface area contributed by atoms with Crippen molar-refractivity contribution in [2.75, 3.05) is 43.5 Å². The molecule has 0 radical (unpaired) electrons. The maximum Gasteiger partial charge on any atom is 0.267 e. The van der Waals surface area contributed by atoms with Crippen LogP contribution in [-0.2, 0) is 0 Å². The van der Waals surface area contributed by atoms with Crippen LogP contribution in [0, 0.1) is 19.8 Å². The fourth-order valence-corrected chi connectivity index (χ4v) is 5.40. The minimum atomic E-state index is -0.207. The van der Waals surface area contributed by atoms with E-state index >= 15 is 0 Å². The Morgan fingerprint density at radius 3 is 2.87 bits per heavy atom. The van der Waals surface area contributed by atoms with Crippen LogP contribution >= 0.6 is 11.3 Å². The van der Waals surface area contributed by atoms with Crippen molar-refractivity contribution in [2.45, 2.75) is 33.1 Å². The maximum atomic E-state index is 12.7. The number of nitrogens with zero attached hydrogens (tertiary/aromatic N) is 5. The van der Waals surface area contributed by atoms with Gasteiger partial charge in [0.15, 0.2) is 10.9 Å². The van der Waals surface area contributed by atoms with E-state index in [0.717, 1.165) is 67.0 Å². The highest BCUT2D eigenvalue weighted by molar-refractivity contribution is 7.17. The van der Waals surface area contributed by atoms with Crippen LogP contribution in [0.5, 0.6) is 5.75 Å². The summed E-state index contributed by atoms with van der Waals surface area (Å²) in [5.41, 5.74) is 3.56. The lowest BCUT2D eigenvalue weighted by Gasteiger charge is -2.30. The van der Waals surface area contributed by atoms with E-state index in [2.05, 4.69) is 30.6 Å². The number of ether oxygens (including phenoxy) is 1. The number of benzene rings is 1. The van der Waals surface area contributed by atoms with Crippen molar-refractivity contribution >= 4 is 39.4 Å². The maximum absolute atomic E-state index is 12.7. The summed E-state index contributed by atoms with van der Waals surface area (Å²) in [5, 5.41) is 20.4. The molecular formula is C27H33N7O3S. The van der Waals surface area contributed by atoms with Gasteiger partial charge in [0.1, 0.15) is 22.5 Å². The number of piperidine rings is 1. The van der Waals surface area contributed by atoms with Crippen molar-refractivity contribution < 1.29 is 14.6 Å². The molecule has 1 amide bonds. The zero-order valence-corrected chi connectivity index (χ0v) is 22.5. The Kier molecular flexibility index (Phi) is 8.16. The molecule has 38 heavy (non-hydrogen) atoms. The van der Waals surface area contributed by atoms with Crippen molar-refractivity contribution in [3.8, 4) is 5.75 Å². The number of aryl methyl sites for hydroxylation is 2. The lowest BCUT2D eigenvalue weighted by Crippen LogP contribution is -2.35. The summed E-state index contributed by atoms with van der Waals surface area (Å²) in [4.78, 5) is 24.4. The summed E-state index contributed by atoms with van der Waals surface area (Å²) < 4.78 is 7.86. The van der Waals surface area contributed by atoms with Crippen molar-refractivity contribution in [2.24, 2.45) is 5.92 Å². The molecule has 3 aromatic heterocycles. The van der Waals surface area contributed by atoms with Gasteiger partial charge in [-0.2, -0.15) is 5.10 Å². The third-order valence-corrected chi connectivity index (χ3v) is 7.76.